The van der Waals surface area contributed by atoms with Crippen molar-refractivity contribution in [2.24, 2.45) is 0 Å². The summed E-state index contributed by atoms with van der Waals surface area (Å²) in [6.07, 6.45) is 5.85. The summed E-state index contributed by atoms with van der Waals surface area (Å²) in [6, 6.07) is -0.138. The van der Waals surface area contributed by atoms with E-state index >= 15 is 0 Å². The molecule has 2 amide bonds. The maximum absolute atomic E-state index is 12.3. The van der Waals surface area contributed by atoms with Gasteiger partial charge in [-0.1, -0.05) is 18.8 Å². The molecule has 1 aliphatic carbocycles. The molecule has 9 heteroatoms. The maximum atomic E-state index is 12.3. The minimum Gasteiger partial charge on any atom is -0.444 e. The number of unbranched alkanes of at least 4 members (excludes halogenated alkanes) is 1. The highest BCUT2D eigenvalue weighted by molar-refractivity contribution is 5.85. The molecule has 9 nitrogen and oxygen atoms in total. The van der Waals surface area contributed by atoms with Crippen LogP contribution in [0.3, 0.4) is 0 Å². The number of carbonyl (C=O) groups excluding carboxylic acids is 2. The summed E-state index contributed by atoms with van der Waals surface area (Å²) < 4.78 is 5.30. The van der Waals surface area contributed by atoms with Crippen LogP contribution >= 0.6 is 0 Å². The molecular weight excluding hydrogens is 420 g/mol. The standard InChI is InChI=1S/C24H38N6O3/c1-7-14-25-20-18(16-27-22(29-20)28-19-12-13-19)11-9-8-10-15-26-21(31)17(2)30(6)23(32)33-24(3,4)5/h16-17,19H,7-8,10,12-15H2,1-6H3,(H,26,31)(H2,25,27,28,29)/t17-/m0/s1. The van der Waals surface area contributed by atoms with E-state index < -0.39 is 17.7 Å². The average molecular weight is 459 g/mol. The topological polar surface area (TPSA) is 108 Å². The summed E-state index contributed by atoms with van der Waals surface area (Å²) in [5, 5.41) is 9.47. The first kappa shape index (κ1) is 26.2. The second-order valence-electron chi connectivity index (χ2n) is 9.26. The van der Waals surface area contributed by atoms with Crippen molar-refractivity contribution in [2.75, 3.05) is 30.8 Å². The van der Waals surface area contributed by atoms with Crippen molar-refractivity contribution in [3.8, 4) is 11.8 Å². The number of amides is 2. The first-order valence-electron chi connectivity index (χ1n) is 11.7. The van der Waals surface area contributed by atoms with Crippen LogP contribution in [-0.2, 0) is 9.53 Å². The fourth-order valence-electron chi connectivity index (χ4n) is 2.69. The Bertz CT molecular complexity index is 867. The summed E-state index contributed by atoms with van der Waals surface area (Å²) in [6.45, 7) is 10.4. The number of carbonyl (C=O) groups is 2. The fraction of sp³-hybridized carbons (Fsp3) is 0.667. The molecular formula is C24H38N6O3. The number of anilines is 2. The van der Waals surface area contributed by atoms with Crippen LogP contribution in [-0.4, -0.2) is 64.7 Å². The van der Waals surface area contributed by atoms with Crippen LogP contribution in [0.5, 0.6) is 0 Å². The summed E-state index contributed by atoms with van der Waals surface area (Å²) in [5.74, 6) is 7.42. The van der Waals surface area contributed by atoms with Crippen LogP contribution in [0.25, 0.3) is 0 Å². The lowest BCUT2D eigenvalue weighted by Gasteiger charge is -2.28. The van der Waals surface area contributed by atoms with Crippen LogP contribution in [0.4, 0.5) is 16.6 Å². The number of hydrogen-bond acceptors (Lipinski definition) is 7. The van der Waals surface area contributed by atoms with Crippen molar-refractivity contribution in [3.63, 3.8) is 0 Å². The predicted molar refractivity (Wildman–Crippen MR) is 130 cm³/mol. The molecule has 182 valence electrons. The van der Waals surface area contributed by atoms with E-state index in [0.29, 0.717) is 31.4 Å². The van der Waals surface area contributed by atoms with E-state index in [1.807, 2.05) is 0 Å². The fourth-order valence-corrected chi connectivity index (χ4v) is 2.69. The largest absolute Gasteiger partial charge is 0.444 e. The second kappa shape index (κ2) is 12.3. The SMILES string of the molecule is CCCNc1nc(NC2CC2)ncc1C#CCCCNC(=O)[C@H](C)N(C)C(=O)OC(C)(C)C. The molecule has 0 aromatic carbocycles. The molecule has 1 aromatic rings. The average Bonchev–Trinajstić information content (AvgIpc) is 3.57. The zero-order valence-electron chi connectivity index (χ0n) is 20.7. The summed E-state index contributed by atoms with van der Waals surface area (Å²) in [4.78, 5) is 34.7. The molecule has 0 radical (unpaired) electrons. The van der Waals surface area contributed by atoms with E-state index in [9.17, 15) is 9.59 Å². The molecule has 3 N–H and O–H groups in total. The number of ether oxygens (including phenoxy) is 1. The molecule has 2 rings (SSSR count). The zero-order valence-corrected chi connectivity index (χ0v) is 20.7. The third-order valence-electron chi connectivity index (χ3n) is 4.88. The molecule has 1 atom stereocenters. The van der Waals surface area contributed by atoms with Crippen molar-refractivity contribution < 1.29 is 14.3 Å². The molecule has 0 saturated heterocycles. The van der Waals surface area contributed by atoms with Gasteiger partial charge in [0.15, 0.2) is 0 Å². The van der Waals surface area contributed by atoms with Gasteiger partial charge in [-0.2, -0.15) is 4.98 Å². The van der Waals surface area contributed by atoms with Gasteiger partial charge >= 0.3 is 6.09 Å². The van der Waals surface area contributed by atoms with Gasteiger partial charge in [-0.05, 0) is 53.4 Å². The van der Waals surface area contributed by atoms with Gasteiger partial charge in [0.1, 0.15) is 17.5 Å². The number of hydrogen-bond donors (Lipinski definition) is 3. The van der Waals surface area contributed by atoms with Gasteiger partial charge in [0, 0.05) is 32.6 Å². The number of aromatic nitrogens is 2. The summed E-state index contributed by atoms with van der Waals surface area (Å²) in [7, 11) is 1.56. The Kier molecular flexibility index (Phi) is 9.76. The smallest absolute Gasteiger partial charge is 0.410 e. The maximum Gasteiger partial charge on any atom is 0.410 e. The van der Waals surface area contributed by atoms with E-state index in [1.54, 1.807) is 40.9 Å². The summed E-state index contributed by atoms with van der Waals surface area (Å²) in [5.41, 5.74) is 0.159. The highest BCUT2D eigenvalue weighted by atomic mass is 16.6. The molecule has 1 heterocycles. The lowest BCUT2D eigenvalue weighted by Crippen LogP contribution is -2.47. The molecule has 1 saturated carbocycles. The number of nitrogens with zero attached hydrogens (tertiary/aromatic N) is 3. The Morgan fingerprint density at radius 3 is 2.67 bits per heavy atom. The van der Waals surface area contributed by atoms with Gasteiger partial charge in [-0.3, -0.25) is 9.69 Å². The van der Waals surface area contributed by atoms with E-state index in [1.165, 1.54) is 4.90 Å². The highest BCUT2D eigenvalue weighted by Gasteiger charge is 2.26. The van der Waals surface area contributed by atoms with Crippen LogP contribution in [0.2, 0.25) is 0 Å². The van der Waals surface area contributed by atoms with E-state index in [2.05, 4.69) is 44.7 Å². The quantitative estimate of drug-likeness (QED) is 0.364. The normalized spacial score (nSPS) is 13.9. The van der Waals surface area contributed by atoms with Crippen LogP contribution in [0.1, 0.15) is 72.3 Å². The molecule has 0 bridgehead atoms. The van der Waals surface area contributed by atoms with Crippen molar-refractivity contribution in [1.29, 1.82) is 0 Å². The molecule has 0 aliphatic heterocycles. The highest BCUT2D eigenvalue weighted by Crippen LogP contribution is 2.24. The molecule has 1 fully saturated rings. The second-order valence-corrected chi connectivity index (χ2v) is 9.26. The predicted octanol–water partition coefficient (Wildman–Crippen LogP) is 3.38. The molecule has 0 spiro atoms. The molecule has 1 aromatic heterocycles. The Hall–Kier alpha value is -3.02. The lowest BCUT2D eigenvalue weighted by atomic mass is 10.2. The number of rotatable bonds is 10. The molecule has 0 unspecified atom stereocenters. The van der Waals surface area contributed by atoms with Crippen LogP contribution in [0.15, 0.2) is 6.20 Å². The van der Waals surface area contributed by atoms with Gasteiger partial charge in [0.05, 0.1) is 11.8 Å². The minimum absolute atomic E-state index is 0.227. The van der Waals surface area contributed by atoms with Crippen LogP contribution < -0.4 is 16.0 Å². The monoisotopic (exact) mass is 458 g/mol. The van der Waals surface area contributed by atoms with Gasteiger partial charge in [-0.15, -0.1) is 0 Å². The van der Waals surface area contributed by atoms with Crippen LogP contribution in [0, 0.1) is 11.8 Å². The Balaban J connectivity index is 1.80. The molecule has 1 aliphatic rings. The lowest BCUT2D eigenvalue weighted by molar-refractivity contribution is -0.125. The zero-order chi connectivity index (χ0) is 24.4. The Morgan fingerprint density at radius 1 is 1.30 bits per heavy atom. The number of nitrogens with one attached hydrogen (secondary N) is 3. The van der Waals surface area contributed by atoms with E-state index in [4.69, 9.17) is 4.74 Å². The first-order chi connectivity index (χ1) is 15.6. The van der Waals surface area contributed by atoms with Crippen molar-refractivity contribution >= 4 is 23.8 Å². The van der Waals surface area contributed by atoms with Crippen molar-refractivity contribution in [1.82, 2.24) is 20.2 Å². The van der Waals surface area contributed by atoms with E-state index in [0.717, 1.165) is 37.2 Å². The van der Waals surface area contributed by atoms with Gasteiger partial charge in [-0.25, -0.2) is 9.78 Å². The minimum atomic E-state index is -0.627. The Labute approximate surface area is 197 Å². The van der Waals surface area contributed by atoms with Gasteiger partial charge < -0.3 is 20.7 Å². The number of likely N-dealkylation sites (N-methyl/N-ethyl adjacent to an activating group) is 1. The Morgan fingerprint density at radius 2 is 2.03 bits per heavy atom. The van der Waals surface area contributed by atoms with Gasteiger partial charge in [0.2, 0.25) is 11.9 Å². The third kappa shape index (κ3) is 9.56. The van der Waals surface area contributed by atoms with E-state index in [-0.39, 0.29) is 5.91 Å². The van der Waals surface area contributed by atoms with Crippen molar-refractivity contribution in [3.05, 3.63) is 11.8 Å². The third-order valence-corrected chi connectivity index (χ3v) is 4.88. The van der Waals surface area contributed by atoms with Gasteiger partial charge in [0.25, 0.3) is 0 Å². The van der Waals surface area contributed by atoms with Crippen molar-refractivity contribution in [2.45, 2.75) is 84.4 Å². The first-order valence-corrected chi connectivity index (χ1v) is 11.7. The summed E-state index contributed by atoms with van der Waals surface area (Å²) >= 11 is 0. The molecule has 33 heavy (non-hydrogen) atoms.